The molecule has 0 saturated carbocycles. The molecule has 220 valence electrons. The fourth-order valence-electron chi connectivity index (χ4n) is 3.85. The first-order valence-corrected chi connectivity index (χ1v) is 13.2. The van der Waals surface area contributed by atoms with Gasteiger partial charge in [0.25, 0.3) is 0 Å². The number of rotatable bonds is 7. The zero-order valence-corrected chi connectivity index (χ0v) is 22.7. The van der Waals surface area contributed by atoms with Crippen molar-refractivity contribution in [3.05, 3.63) is 95.6 Å². The number of carboxylic acid groups (broad SMARTS) is 1. The lowest BCUT2D eigenvalue weighted by Gasteiger charge is -2.07. The molecule has 0 aliphatic heterocycles. The van der Waals surface area contributed by atoms with Crippen molar-refractivity contribution in [1.82, 2.24) is 15.3 Å². The maximum Gasteiger partial charge on any atom is 0.490 e. The Morgan fingerprint density at radius 2 is 1.43 bits per heavy atom. The number of aromatic nitrogens is 2. The van der Waals surface area contributed by atoms with Crippen molar-refractivity contribution in [3.8, 4) is 21.1 Å². The highest BCUT2D eigenvalue weighted by Gasteiger charge is 2.38. The van der Waals surface area contributed by atoms with Crippen LogP contribution < -0.4 is 10.6 Å². The van der Waals surface area contributed by atoms with Crippen molar-refractivity contribution >= 4 is 34.0 Å². The number of carbonyl (C=O) groups is 1. The Morgan fingerprint density at radius 3 is 1.98 bits per heavy atom. The minimum atomic E-state index is -5.08. The Hall–Kier alpha value is -4.36. The number of aromatic amines is 1. The predicted molar refractivity (Wildman–Crippen MR) is 150 cm³/mol. The van der Waals surface area contributed by atoms with E-state index in [1.807, 2.05) is 19.2 Å². The molecule has 0 saturated heterocycles. The third-order valence-electron chi connectivity index (χ3n) is 6.03. The molecule has 0 radical (unpaired) electrons. The minimum absolute atomic E-state index is 0.375. The van der Waals surface area contributed by atoms with Crippen molar-refractivity contribution in [2.24, 2.45) is 0 Å². The second-order valence-electron chi connectivity index (χ2n) is 9.03. The molecular weight excluding hydrogens is 582 g/mol. The highest BCUT2D eigenvalue weighted by molar-refractivity contribution is 7.18. The van der Waals surface area contributed by atoms with Crippen molar-refractivity contribution in [2.75, 3.05) is 12.4 Å². The van der Waals surface area contributed by atoms with E-state index in [0.717, 1.165) is 46.2 Å². The quantitative estimate of drug-likeness (QED) is 0.141. The number of thiophene rings is 1. The van der Waals surface area contributed by atoms with Crippen LogP contribution in [0.2, 0.25) is 0 Å². The molecule has 0 bridgehead atoms. The fourth-order valence-corrected chi connectivity index (χ4v) is 4.81. The number of hydrogen-bond acceptors (Lipinski definition) is 5. The summed E-state index contributed by atoms with van der Waals surface area (Å²) in [7, 11) is 1.91. The number of hydrogen-bond donors (Lipinski definition) is 4. The molecule has 0 amide bonds. The molecule has 0 spiro atoms. The monoisotopic (exact) mass is 606 g/mol. The van der Waals surface area contributed by atoms with E-state index in [1.165, 1.54) is 17.2 Å². The fraction of sp³-hybridized carbons (Fsp3) is 0.172. The average molecular weight is 607 g/mol. The van der Waals surface area contributed by atoms with E-state index in [9.17, 15) is 26.3 Å². The van der Waals surface area contributed by atoms with Gasteiger partial charge in [0, 0.05) is 30.7 Å². The first-order chi connectivity index (χ1) is 19.8. The van der Waals surface area contributed by atoms with Crippen LogP contribution in [-0.4, -0.2) is 34.3 Å². The van der Waals surface area contributed by atoms with Crippen molar-refractivity contribution < 1.29 is 36.2 Å². The molecule has 13 heteroatoms. The number of fused-ring (bicyclic) bond motifs is 1. The normalized spacial score (nSPS) is 11.7. The van der Waals surface area contributed by atoms with Gasteiger partial charge < -0.3 is 20.7 Å². The van der Waals surface area contributed by atoms with Gasteiger partial charge in [-0.3, -0.25) is 0 Å². The lowest BCUT2D eigenvalue weighted by molar-refractivity contribution is -0.192. The van der Waals surface area contributed by atoms with Crippen LogP contribution in [0, 0.1) is 0 Å². The number of carboxylic acids is 1. The van der Waals surface area contributed by atoms with Crippen LogP contribution in [0.25, 0.3) is 32.2 Å². The summed E-state index contributed by atoms with van der Waals surface area (Å²) in [6.07, 6.45) is -9.46. The summed E-state index contributed by atoms with van der Waals surface area (Å²) in [5.74, 6) is -2.19. The van der Waals surface area contributed by atoms with E-state index in [2.05, 4.69) is 69.1 Å². The predicted octanol–water partition coefficient (Wildman–Crippen LogP) is 7.94. The number of anilines is 1. The second kappa shape index (κ2) is 12.7. The van der Waals surface area contributed by atoms with E-state index in [4.69, 9.17) is 9.90 Å². The molecule has 4 N–H and O–H groups in total. The Bertz CT molecular complexity index is 1640. The maximum atomic E-state index is 13.0. The number of benzene rings is 3. The van der Waals surface area contributed by atoms with Crippen LogP contribution in [0.15, 0.2) is 78.9 Å². The van der Waals surface area contributed by atoms with Crippen molar-refractivity contribution in [3.63, 3.8) is 0 Å². The lowest BCUT2D eigenvalue weighted by Crippen LogP contribution is -2.21. The van der Waals surface area contributed by atoms with E-state index >= 15 is 0 Å². The largest absolute Gasteiger partial charge is 0.490 e. The number of alkyl halides is 6. The van der Waals surface area contributed by atoms with Gasteiger partial charge in [0.1, 0.15) is 5.82 Å². The van der Waals surface area contributed by atoms with E-state index in [1.54, 1.807) is 11.3 Å². The molecular formula is C29H24F6N4O2S. The molecule has 42 heavy (non-hydrogen) atoms. The third-order valence-corrected chi connectivity index (χ3v) is 7.17. The summed E-state index contributed by atoms with van der Waals surface area (Å²) in [5, 5.41) is 13.7. The molecule has 5 rings (SSSR count). The van der Waals surface area contributed by atoms with Gasteiger partial charge in [0.05, 0.1) is 21.5 Å². The lowest BCUT2D eigenvalue weighted by atomic mass is 10.1. The number of imidazole rings is 1. The zero-order valence-electron chi connectivity index (χ0n) is 21.9. The Balaban J connectivity index is 0.000000517. The number of H-pyrrole nitrogens is 1. The molecule has 5 aromatic rings. The minimum Gasteiger partial charge on any atom is -0.475 e. The molecule has 0 atom stereocenters. The number of halogens is 6. The zero-order chi connectivity index (χ0) is 30.5. The average Bonchev–Trinajstić information content (AvgIpc) is 3.60. The highest BCUT2D eigenvalue weighted by Crippen LogP contribution is 2.35. The van der Waals surface area contributed by atoms with Gasteiger partial charge >= 0.3 is 18.3 Å². The van der Waals surface area contributed by atoms with E-state index in [0.29, 0.717) is 16.9 Å². The van der Waals surface area contributed by atoms with Gasteiger partial charge in [0.15, 0.2) is 0 Å². The summed E-state index contributed by atoms with van der Waals surface area (Å²) in [6.45, 7) is 1.56. The van der Waals surface area contributed by atoms with Crippen molar-refractivity contribution in [1.29, 1.82) is 0 Å². The Morgan fingerprint density at radius 1 is 0.857 bits per heavy atom. The van der Waals surface area contributed by atoms with Gasteiger partial charge in [-0.1, -0.05) is 36.4 Å². The van der Waals surface area contributed by atoms with Gasteiger partial charge in [-0.2, -0.15) is 26.3 Å². The van der Waals surface area contributed by atoms with Crippen LogP contribution in [-0.2, 0) is 24.1 Å². The molecule has 6 nitrogen and oxygen atoms in total. The molecule has 2 heterocycles. The summed E-state index contributed by atoms with van der Waals surface area (Å²) >= 11 is 1.55. The van der Waals surface area contributed by atoms with Gasteiger partial charge in [-0.15, -0.1) is 11.3 Å². The first kappa shape index (κ1) is 30.6. The number of nitrogens with zero attached hydrogens (tertiary/aromatic N) is 1. The maximum absolute atomic E-state index is 13.0. The molecule has 3 aromatic carbocycles. The van der Waals surface area contributed by atoms with Crippen LogP contribution in [0.5, 0.6) is 0 Å². The smallest absolute Gasteiger partial charge is 0.475 e. The second-order valence-corrected chi connectivity index (χ2v) is 10.1. The number of aliphatic carboxylic acids is 1. The number of nitrogens with one attached hydrogen (secondary N) is 3. The topological polar surface area (TPSA) is 90.0 Å². The molecule has 0 aliphatic rings. The Kier molecular flexibility index (Phi) is 9.22. The van der Waals surface area contributed by atoms with Gasteiger partial charge in [-0.25, -0.2) is 9.78 Å². The molecule has 0 fully saturated rings. The van der Waals surface area contributed by atoms with E-state index < -0.39 is 23.9 Å². The van der Waals surface area contributed by atoms with Gasteiger partial charge in [0.2, 0.25) is 0 Å². The molecule has 0 aliphatic carbocycles. The van der Waals surface area contributed by atoms with Crippen LogP contribution in [0.4, 0.5) is 32.0 Å². The van der Waals surface area contributed by atoms with Gasteiger partial charge in [-0.05, 0) is 59.2 Å². The van der Waals surface area contributed by atoms with E-state index in [-0.39, 0.29) is 0 Å². The molecule has 2 aromatic heterocycles. The first-order valence-electron chi connectivity index (χ1n) is 12.4. The highest BCUT2D eigenvalue weighted by atomic mass is 32.1. The SMILES string of the molecule is CNc1ccc(CNCc2ccc(-c3ccc(-c4nc5ccc(C(F)(F)F)cc5[nH]4)s3)cc2)cc1.O=C(O)C(F)(F)F. The third kappa shape index (κ3) is 7.89. The standard InChI is InChI=1S/C27H23F3N4S.C2HF3O2/c1-31-21-9-4-18(5-10-21)16-32-15-17-2-6-19(7-3-17)24-12-13-25(35-24)26-33-22-11-8-20(27(28,29)30)14-23(22)34-26;3-2(4,5)1(6)7/h2-14,31-32H,15-16H2,1H3,(H,33,34);(H,6,7). The summed E-state index contributed by atoms with van der Waals surface area (Å²) in [5.41, 5.74) is 4.80. The van der Waals surface area contributed by atoms with Crippen LogP contribution in [0.1, 0.15) is 16.7 Å². The summed E-state index contributed by atoms with van der Waals surface area (Å²) < 4.78 is 70.7. The summed E-state index contributed by atoms with van der Waals surface area (Å²) in [4.78, 5) is 18.3. The summed E-state index contributed by atoms with van der Waals surface area (Å²) in [6, 6.07) is 24.2. The molecule has 0 unspecified atom stereocenters. The van der Waals surface area contributed by atoms with Crippen molar-refractivity contribution in [2.45, 2.75) is 25.4 Å². The van der Waals surface area contributed by atoms with Crippen LogP contribution in [0.3, 0.4) is 0 Å². The Labute approximate surface area is 240 Å². The van der Waals surface area contributed by atoms with Crippen LogP contribution >= 0.6 is 11.3 Å².